The molecule has 0 aromatic heterocycles. The summed E-state index contributed by atoms with van der Waals surface area (Å²) in [6, 6.07) is 16.9. The average molecular weight is 354 g/mol. The van der Waals surface area contributed by atoms with Crippen molar-refractivity contribution in [3.8, 4) is 11.1 Å². The van der Waals surface area contributed by atoms with Gasteiger partial charge in [-0.25, -0.2) is 4.39 Å². The van der Waals surface area contributed by atoms with E-state index in [1.54, 1.807) is 12.1 Å². The number of benzene rings is 3. The predicted molar refractivity (Wildman–Crippen MR) is 103 cm³/mol. The molecule has 0 unspecified atom stereocenters. The monoisotopic (exact) mass is 354 g/mol. The van der Waals surface area contributed by atoms with Crippen LogP contribution >= 0.6 is 0 Å². The van der Waals surface area contributed by atoms with Crippen LogP contribution in [-0.2, 0) is 6.42 Å². The molecule has 0 atom stereocenters. The zero-order valence-electron chi connectivity index (χ0n) is 14.7. The van der Waals surface area contributed by atoms with Crippen LogP contribution in [0.15, 0.2) is 60.7 Å². The second-order valence-corrected chi connectivity index (χ2v) is 6.49. The second kappa shape index (κ2) is 8.22. The van der Waals surface area contributed by atoms with Gasteiger partial charge in [0.2, 0.25) is 0 Å². The number of fused-ring (bicyclic) bond motifs is 1. The first-order valence-electron chi connectivity index (χ1n) is 8.93. The van der Waals surface area contributed by atoms with Gasteiger partial charge >= 0.3 is 0 Å². The van der Waals surface area contributed by atoms with Crippen molar-refractivity contribution in [2.45, 2.75) is 32.6 Å². The van der Waals surface area contributed by atoms with Crippen molar-refractivity contribution in [3.05, 3.63) is 77.6 Å². The minimum atomic E-state index is -1.90. The molecule has 134 valence electrons. The Morgan fingerprint density at radius 3 is 2.31 bits per heavy atom. The highest BCUT2D eigenvalue weighted by molar-refractivity contribution is 5.89. The molecule has 3 rings (SSSR count). The van der Waals surface area contributed by atoms with Gasteiger partial charge in [0.05, 0.1) is 0 Å². The van der Waals surface area contributed by atoms with E-state index in [0.717, 1.165) is 17.5 Å². The fraction of sp³-hybridized carbons (Fsp3) is 0.217. The first-order valence-corrected chi connectivity index (χ1v) is 8.93. The molecule has 26 heavy (non-hydrogen) atoms. The van der Waals surface area contributed by atoms with Crippen LogP contribution in [0, 0.1) is 5.82 Å². The fourth-order valence-electron chi connectivity index (χ4n) is 3.16. The quantitative estimate of drug-likeness (QED) is 0.399. The summed E-state index contributed by atoms with van der Waals surface area (Å²) in [7, 11) is 0. The van der Waals surface area contributed by atoms with Gasteiger partial charge in [0.15, 0.2) is 0 Å². The largest absolute Gasteiger partial charge is 0.271 e. The molecule has 3 aromatic rings. The molecule has 0 aliphatic rings. The van der Waals surface area contributed by atoms with Gasteiger partial charge in [0, 0.05) is 17.0 Å². The van der Waals surface area contributed by atoms with Crippen LogP contribution in [0.3, 0.4) is 0 Å². The number of halogens is 3. The lowest BCUT2D eigenvalue weighted by atomic mass is 9.98. The summed E-state index contributed by atoms with van der Waals surface area (Å²) >= 11 is 0. The van der Waals surface area contributed by atoms with E-state index in [0.29, 0.717) is 16.8 Å². The van der Waals surface area contributed by atoms with Crippen LogP contribution in [0.5, 0.6) is 0 Å². The van der Waals surface area contributed by atoms with Gasteiger partial charge < -0.3 is 0 Å². The van der Waals surface area contributed by atoms with Gasteiger partial charge in [0.1, 0.15) is 5.82 Å². The van der Waals surface area contributed by atoms with E-state index >= 15 is 0 Å². The molecule has 0 N–H and O–H groups in total. The molecule has 0 amide bonds. The van der Waals surface area contributed by atoms with Gasteiger partial charge in [0.25, 0.3) is 6.08 Å². The molecule has 0 spiro atoms. The molecular formula is C23H21F3. The van der Waals surface area contributed by atoms with E-state index in [9.17, 15) is 13.2 Å². The molecule has 0 radical (unpaired) electrons. The Balaban J connectivity index is 1.88. The molecule has 0 aliphatic heterocycles. The van der Waals surface area contributed by atoms with Crippen molar-refractivity contribution in [2.24, 2.45) is 0 Å². The summed E-state index contributed by atoms with van der Waals surface area (Å²) in [5.74, 6) is -0.617. The third-order valence-electron chi connectivity index (χ3n) is 4.60. The second-order valence-electron chi connectivity index (χ2n) is 6.49. The minimum Gasteiger partial charge on any atom is -0.206 e. The smallest absolute Gasteiger partial charge is 0.206 e. The number of unbranched alkanes of at least 4 members (excludes halogenated alkanes) is 2. The third-order valence-corrected chi connectivity index (χ3v) is 4.60. The highest BCUT2D eigenvalue weighted by Crippen LogP contribution is 2.28. The number of rotatable bonds is 6. The van der Waals surface area contributed by atoms with Crippen LogP contribution in [0.25, 0.3) is 28.0 Å². The summed E-state index contributed by atoms with van der Waals surface area (Å²) in [6.45, 7) is 2.19. The topological polar surface area (TPSA) is 0 Å². The lowest BCUT2D eigenvalue weighted by Gasteiger charge is -2.08. The van der Waals surface area contributed by atoms with Crippen molar-refractivity contribution in [3.63, 3.8) is 0 Å². The molecule has 0 bridgehead atoms. The maximum Gasteiger partial charge on any atom is 0.271 e. The summed E-state index contributed by atoms with van der Waals surface area (Å²) < 4.78 is 39.2. The summed E-state index contributed by atoms with van der Waals surface area (Å²) in [6.07, 6.45) is 3.38. The first kappa shape index (κ1) is 18.2. The van der Waals surface area contributed by atoms with Crippen LogP contribution in [0.2, 0.25) is 0 Å². The fourth-order valence-corrected chi connectivity index (χ4v) is 3.16. The minimum absolute atomic E-state index is 0.0957. The van der Waals surface area contributed by atoms with Crippen molar-refractivity contribution in [1.29, 1.82) is 0 Å². The van der Waals surface area contributed by atoms with Crippen molar-refractivity contribution in [1.82, 2.24) is 0 Å². The summed E-state index contributed by atoms with van der Waals surface area (Å²) in [5, 5.41) is 1.04. The van der Waals surface area contributed by atoms with Crippen LogP contribution < -0.4 is 0 Å². The van der Waals surface area contributed by atoms with Gasteiger partial charge in [-0.3, -0.25) is 0 Å². The molecule has 0 saturated heterocycles. The molecule has 3 aromatic carbocycles. The Kier molecular flexibility index (Phi) is 5.77. The SMILES string of the molecule is CCCCCc1ccc(-c2ccc3c(F)c(C=C(F)F)ccc3c2)cc1. The van der Waals surface area contributed by atoms with Crippen LogP contribution in [0.1, 0.15) is 37.3 Å². The molecule has 0 fully saturated rings. The molecule has 0 saturated carbocycles. The van der Waals surface area contributed by atoms with Crippen molar-refractivity contribution < 1.29 is 13.2 Å². The van der Waals surface area contributed by atoms with Crippen molar-refractivity contribution in [2.75, 3.05) is 0 Å². The number of aryl methyl sites for hydroxylation is 1. The van der Waals surface area contributed by atoms with Crippen LogP contribution in [-0.4, -0.2) is 0 Å². The molecule has 3 heteroatoms. The highest BCUT2D eigenvalue weighted by Gasteiger charge is 2.08. The summed E-state index contributed by atoms with van der Waals surface area (Å²) in [5.41, 5.74) is 3.27. The molecular weight excluding hydrogens is 333 g/mol. The zero-order valence-corrected chi connectivity index (χ0v) is 14.7. The standard InChI is InChI=1S/C23H21F3/c1-2-3-4-5-16-6-8-17(9-7-16)18-12-13-21-19(14-18)10-11-20(23(21)26)15-22(24)25/h6-15H,2-5H2,1H3. The predicted octanol–water partition coefficient (Wildman–Crippen LogP) is 7.62. The zero-order chi connectivity index (χ0) is 18.5. The van der Waals surface area contributed by atoms with Crippen LogP contribution in [0.4, 0.5) is 13.2 Å². The number of hydrogen-bond donors (Lipinski definition) is 0. The average Bonchev–Trinajstić information content (AvgIpc) is 2.64. The Labute approximate surface area is 152 Å². The Bertz CT molecular complexity index is 920. The Morgan fingerprint density at radius 1 is 0.885 bits per heavy atom. The van der Waals surface area contributed by atoms with Gasteiger partial charge in [-0.15, -0.1) is 0 Å². The van der Waals surface area contributed by atoms with Crippen molar-refractivity contribution >= 4 is 16.8 Å². The van der Waals surface area contributed by atoms with Gasteiger partial charge in [-0.1, -0.05) is 68.3 Å². The summed E-state index contributed by atoms with van der Waals surface area (Å²) in [4.78, 5) is 0. The Hall–Kier alpha value is -2.55. The van der Waals surface area contributed by atoms with E-state index in [2.05, 4.69) is 31.2 Å². The lowest BCUT2D eigenvalue weighted by Crippen LogP contribution is -1.88. The number of hydrogen-bond acceptors (Lipinski definition) is 0. The third kappa shape index (κ3) is 4.16. The molecule has 0 nitrogen and oxygen atoms in total. The Morgan fingerprint density at radius 2 is 1.62 bits per heavy atom. The molecule has 0 heterocycles. The van der Waals surface area contributed by atoms with E-state index in [-0.39, 0.29) is 5.56 Å². The normalized spacial score (nSPS) is 10.9. The molecule has 0 aliphatic carbocycles. The van der Waals surface area contributed by atoms with Gasteiger partial charge in [-0.2, -0.15) is 8.78 Å². The van der Waals surface area contributed by atoms with E-state index in [1.807, 2.05) is 12.1 Å². The first-order chi connectivity index (χ1) is 12.6. The maximum absolute atomic E-state index is 14.4. The van der Waals surface area contributed by atoms with E-state index < -0.39 is 11.9 Å². The maximum atomic E-state index is 14.4. The van der Waals surface area contributed by atoms with Gasteiger partial charge in [-0.05, 0) is 41.0 Å². The lowest BCUT2D eigenvalue weighted by molar-refractivity contribution is 0.429. The van der Waals surface area contributed by atoms with E-state index in [1.165, 1.54) is 30.9 Å². The van der Waals surface area contributed by atoms with E-state index in [4.69, 9.17) is 0 Å². The highest BCUT2D eigenvalue weighted by atomic mass is 19.3.